The zero-order valence-corrected chi connectivity index (χ0v) is 12.1. The molecule has 1 fully saturated rings. The van der Waals surface area contributed by atoms with E-state index in [1.54, 1.807) is 12.1 Å². The fourth-order valence-corrected chi connectivity index (χ4v) is 3.39. The Morgan fingerprint density at radius 2 is 1.94 bits per heavy atom. The number of anilines is 1. The number of nitrogens with zero attached hydrogens (tertiary/aromatic N) is 1. The van der Waals surface area contributed by atoms with Crippen LogP contribution in [0.15, 0.2) is 27.6 Å². The Bertz CT molecular complexity index is 510. The lowest BCUT2D eigenvalue weighted by atomic mass is 10.2. The van der Waals surface area contributed by atoms with Gasteiger partial charge in [-0.1, -0.05) is 0 Å². The molecule has 1 aliphatic rings. The highest BCUT2D eigenvalue weighted by molar-refractivity contribution is 9.10. The van der Waals surface area contributed by atoms with Crippen molar-refractivity contribution in [1.82, 2.24) is 0 Å². The molecule has 94 valence electrons. The Hall–Kier alpha value is -0.590. The van der Waals surface area contributed by atoms with Crippen molar-refractivity contribution in [3.63, 3.8) is 0 Å². The van der Waals surface area contributed by atoms with Crippen LogP contribution in [0.5, 0.6) is 0 Å². The number of nitrogens with two attached hydrogens (primary N) is 1. The van der Waals surface area contributed by atoms with Crippen LogP contribution in [0.25, 0.3) is 0 Å². The second kappa shape index (κ2) is 4.96. The number of hydrogen-bond donors (Lipinski definition) is 1. The normalized spacial score (nSPS) is 17.2. The van der Waals surface area contributed by atoms with Crippen LogP contribution in [-0.2, 0) is 9.84 Å². The number of halogens is 1. The molecule has 0 atom stereocenters. The molecule has 17 heavy (non-hydrogen) atoms. The number of quaternary nitrogens is 1. The van der Waals surface area contributed by atoms with Crippen LogP contribution >= 0.6 is 15.9 Å². The van der Waals surface area contributed by atoms with Crippen molar-refractivity contribution in [3.05, 3.63) is 22.7 Å². The fourth-order valence-electron chi connectivity index (χ4n) is 1.97. The Labute approximate surface area is 110 Å². The highest BCUT2D eigenvalue weighted by atomic mass is 79.9. The van der Waals surface area contributed by atoms with Crippen molar-refractivity contribution in [2.24, 2.45) is 0 Å². The summed E-state index contributed by atoms with van der Waals surface area (Å²) in [5.41, 5.74) is 1.07. The van der Waals surface area contributed by atoms with Gasteiger partial charge in [0, 0.05) is 10.7 Å². The minimum atomic E-state index is -3.13. The van der Waals surface area contributed by atoms with Gasteiger partial charge in [-0.2, -0.15) is 0 Å². The largest absolute Gasteiger partial charge is 0.359 e. The lowest BCUT2D eigenvalue weighted by Gasteiger charge is -2.28. The van der Waals surface area contributed by atoms with Gasteiger partial charge in [-0.05, 0) is 34.1 Å². The molecule has 2 N–H and O–H groups in total. The SMILES string of the molecule is CS(=O)(=O)c1ccc(N2CC[NH2+]CC2)c(Br)c1. The number of sulfone groups is 1. The van der Waals surface area contributed by atoms with E-state index in [2.05, 4.69) is 26.1 Å². The lowest BCUT2D eigenvalue weighted by molar-refractivity contribution is -0.655. The molecule has 0 aliphatic carbocycles. The van der Waals surface area contributed by atoms with Gasteiger partial charge in [0.2, 0.25) is 0 Å². The molecule has 1 aromatic rings. The smallest absolute Gasteiger partial charge is 0.175 e. The minimum Gasteiger partial charge on any atom is -0.359 e. The van der Waals surface area contributed by atoms with Gasteiger partial charge in [-0.25, -0.2) is 8.42 Å². The van der Waals surface area contributed by atoms with Crippen molar-refractivity contribution in [2.75, 3.05) is 37.3 Å². The molecule has 0 saturated carbocycles. The lowest BCUT2D eigenvalue weighted by Crippen LogP contribution is -2.89. The summed E-state index contributed by atoms with van der Waals surface area (Å²) in [5, 5.41) is 2.29. The molecule has 1 saturated heterocycles. The van der Waals surface area contributed by atoms with Gasteiger partial charge in [0.05, 0.1) is 36.8 Å². The maximum absolute atomic E-state index is 11.4. The predicted molar refractivity (Wildman–Crippen MR) is 71.1 cm³/mol. The van der Waals surface area contributed by atoms with Crippen molar-refractivity contribution in [3.8, 4) is 0 Å². The fraction of sp³-hybridized carbons (Fsp3) is 0.455. The molecule has 0 unspecified atom stereocenters. The Kier molecular flexibility index (Phi) is 3.75. The molecule has 1 aliphatic heterocycles. The molecule has 0 bridgehead atoms. The van der Waals surface area contributed by atoms with Gasteiger partial charge in [-0.15, -0.1) is 0 Å². The third-order valence-corrected chi connectivity index (χ3v) is 4.64. The first-order chi connectivity index (χ1) is 7.98. The van der Waals surface area contributed by atoms with Gasteiger partial charge >= 0.3 is 0 Å². The Morgan fingerprint density at radius 3 is 2.47 bits per heavy atom. The Morgan fingerprint density at radius 1 is 1.29 bits per heavy atom. The third kappa shape index (κ3) is 3.00. The van der Waals surface area contributed by atoms with Crippen molar-refractivity contribution in [2.45, 2.75) is 4.90 Å². The molecule has 4 nitrogen and oxygen atoms in total. The van der Waals surface area contributed by atoms with Crippen LogP contribution in [0.3, 0.4) is 0 Å². The first-order valence-corrected chi connectivity index (χ1v) is 8.23. The molecule has 0 aromatic heterocycles. The second-order valence-corrected chi connectivity index (χ2v) is 7.11. The van der Waals surface area contributed by atoms with Crippen LogP contribution in [0, 0.1) is 0 Å². The predicted octanol–water partition coefficient (Wildman–Crippen LogP) is 0.236. The van der Waals surface area contributed by atoms with Crippen LogP contribution < -0.4 is 10.2 Å². The quantitative estimate of drug-likeness (QED) is 0.849. The number of hydrogen-bond acceptors (Lipinski definition) is 3. The second-order valence-electron chi connectivity index (χ2n) is 4.24. The highest BCUT2D eigenvalue weighted by Crippen LogP contribution is 2.28. The van der Waals surface area contributed by atoms with Crippen LogP contribution in [0.2, 0.25) is 0 Å². The summed E-state index contributed by atoms with van der Waals surface area (Å²) in [4.78, 5) is 2.63. The zero-order valence-electron chi connectivity index (χ0n) is 9.69. The molecule has 0 spiro atoms. The maximum Gasteiger partial charge on any atom is 0.175 e. The molecule has 1 aromatic carbocycles. The maximum atomic E-state index is 11.4. The van der Waals surface area contributed by atoms with Crippen LogP contribution in [-0.4, -0.2) is 40.9 Å². The third-order valence-electron chi connectivity index (χ3n) is 2.89. The topological polar surface area (TPSA) is 54.0 Å². The average molecular weight is 320 g/mol. The summed E-state index contributed by atoms with van der Waals surface area (Å²) in [6.07, 6.45) is 1.23. The highest BCUT2D eigenvalue weighted by Gasteiger charge is 2.17. The molecule has 6 heteroatoms. The number of piperazine rings is 1. The van der Waals surface area contributed by atoms with E-state index in [9.17, 15) is 8.42 Å². The molecule has 0 radical (unpaired) electrons. The molecule has 1 heterocycles. The molecule has 0 amide bonds. The van der Waals surface area contributed by atoms with Crippen molar-refractivity contribution < 1.29 is 13.7 Å². The first-order valence-electron chi connectivity index (χ1n) is 5.55. The number of rotatable bonds is 2. The minimum absolute atomic E-state index is 0.358. The monoisotopic (exact) mass is 319 g/mol. The van der Waals surface area contributed by atoms with Crippen LogP contribution in [0.1, 0.15) is 0 Å². The van der Waals surface area contributed by atoms with E-state index in [1.165, 1.54) is 6.26 Å². The summed E-state index contributed by atoms with van der Waals surface area (Å²) in [6, 6.07) is 5.24. The summed E-state index contributed by atoms with van der Waals surface area (Å²) in [6.45, 7) is 4.16. The molecule has 2 rings (SSSR count). The standard InChI is InChI=1S/C11H15BrN2O2S/c1-17(15,16)9-2-3-11(10(12)8-9)14-6-4-13-5-7-14/h2-3,8,13H,4-7H2,1H3/p+1. The summed E-state index contributed by atoms with van der Waals surface area (Å²) in [7, 11) is -3.13. The van der Waals surface area contributed by atoms with Gasteiger partial charge < -0.3 is 10.2 Å². The van der Waals surface area contributed by atoms with Crippen molar-refractivity contribution in [1.29, 1.82) is 0 Å². The van der Waals surface area contributed by atoms with E-state index in [4.69, 9.17) is 0 Å². The van der Waals surface area contributed by atoms with Crippen LogP contribution in [0.4, 0.5) is 5.69 Å². The summed E-state index contributed by atoms with van der Waals surface area (Å²) in [5.74, 6) is 0. The number of benzene rings is 1. The first kappa shape index (κ1) is 12.9. The molecular formula is C11H16BrN2O2S+. The van der Waals surface area contributed by atoms with E-state index >= 15 is 0 Å². The van der Waals surface area contributed by atoms with Gasteiger partial charge in [-0.3, -0.25) is 0 Å². The van der Waals surface area contributed by atoms with E-state index in [-0.39, 0.29) is 0 Å². The summed E-state index contributed by atoms with van der Waals surface area (Å²) < 4.78 is 23.7. The molecular weight excluding hydrogens is 304 g/mol. The van der Waals surface area contributed by atoms with Gasteiger partial charge in [0.25, 0.3) is 0 Å². The van der Waals surface area contributed by atoms with E-state index < -0.39 is 9.84 Å². The van der Waals surface area contributed by atoms with E-state index in [1.807, 2.05) is 6.07 Å². The van der Waals surface area contributed by atoms with E-state index in [0.717, 1.165) is 36.3 Å². The summed E-state index contributed by atoms with van der Waals surface area (Å²) >= 11 is 3.46. The van der Waals surface area contributed by atoms with E-state index in [0.29, 0.717) is 4.90 Å². The Balaban J connectivity index is 2.31. The van der Waals surface area contributed by atoms with Crippen molar-refractivity contribution >= 4 is 31.5 Å². The zero-order chi connectivity index (χ0) is 12.5. The van der Waals surface area contributed by atoms with Gasteiger partial charge in [0.1, 0.15) is 0 Å². The average Bonchev–Trinajstić information content (AvgIpc) is 2.29. The van der Waals surface area contributed by atoms with Gasteiger partial charge in [0.15, 0.2) is 9.84 Å².